The van der Waals surface area contributed by atoms with Crippen molar-refractivity contribution in [2.45, 2.75) is 6.92 Å². The third kappa shape index (κ3) is 2.76. The van der Waals surface area contributed by atoms with Crippen molar-refractivity contribution in [2.24, 2.45) is 0 Å². The molecule has 20 heavy (non-hydrogen) atoms. The van der Waals surface area contributed by atoms with Gasteiger partial charge in [0.15, 0.2) is 0 Å². The second kappa shape index (κ2) is 5.68. The first-order valence-corrected chi connectivity index (χ1v) is 6.19. The molecule has 0 saturated heterocycles. The molecule has 6 heteroatoms. The Morgan fingerprint density at radius 1 is 1.40 bits per heavy atom. The lowest BCUT2D eigenvalue weighted by atomic mass is 10.2. The molecule has 0 spiro atoms. The van der Waals surface area contributed by atoms with Gasteiger partial charge in [-0.25, -0.2) is 4.98 Å². The van der Waals surface area contributed by atoms with E-state index in [-0.39, 0.29) is 0 Å². The molecule has 2 aromatic rings. The highest BCUT2D eigenvalue weighted by Gasteiger charge is 2.10. The minimum Gasteiger partial charge on any atom is -0.495 e. The Kier molecular flexibility index (Phi) is 3.97. The average Bonchev–Trinajstić information content (AvgIpc) is 2.44. The molecule has 102 valence electrons. The molecular formula is C14H13ClN4O. The Balaban J connectivity index is 2.45. The van der Waals surface area contributed by atoms with Crippen LogP contribution in [0.1, 0.15) is 11.1 Å². The van der Waals surface area contributed by atoms with E-state index in [1.807, 2.05) is 19.1 Å². The van der Waals surface area contributed by atoms with Crippen molar-refractivity contribution in [1.82, 2.24) is 4.98 Å². The fraction of sp³-hybridized carbons (Fsp3) is 0.143. The third-order valence-corrected chi connectivity index (χ3v) is 3.17. The molecular weight excluding hydrogens is 276 g/mol. The number of aryl methyl sites for hydroxylation is 1. The molecule has 0 unspecified atom stereocenters. The summed E-state index contributed by atoms with van der Waals surface area (Å²) in [6.45, 7) is 1.88. The van der Waals surface area contributed by atoms with Gasteiger partial charge in [0.1, 0.15) is 17.6 Å². The molecule has 0 fully saturated rings. The van der Waals surface area contributed by atoms with Gasteiger partial charge >= 0.3 is 0 Å². The summed E-state index contributed by atoms with van der Waals surface area (Å²) in [5.74, 6) is 0.991. The average molecular weight is 289 g/mol. The van der Waals surface area contributed by atoms with E-state index in [1.165, 1.54) is 6.20 Å². The lowest BCUT2D eigenvalue weighted by Gasteiger charge is -2.13. The fourth-order valence-corrected chi connectivity index (χ4v) is 1.88. The predicted molar refractivity (Wildman–Crippen MR) is 79.4 cm³/mol. The number of aromatic nitrogens is 1. The Labute approximate surface area is 122 Å². The molecule has 1 heterocycles. The smallest absolute Gasteiger partial charge is 0.148 e. The summed E-state index contributed by atoms with van der Waals surface area (Å²) in [6, 6.07) is 7.15. The van der Waals surface area contributed by atoms with E-state index in [0.717, 1.165) is 5.56 Å². The number of methoxy groups -OCH3 is 1. The van der Waals surface area contributed by atoms with Gasteiger partial charge in [-0.15, -0.1) is 0 Å². The zero-order valence-electron chi connectivity index (χ0n) is 11.1. The van der Waals surface area contributed by atoms with Gasteiger partial charge in [0, 0.05) is 11.1 Å². The molecule has 0 atom stereocenters. The maximum Gasteiger partial charge on any atom is 0.148 e. The highest BCUT2D eigenvalue weighted by molar-refractivity contribution is 6.31. The van der Waals surface area contributed by atoms with E-state index in [9.17, 15) is 0 Å². The minimum atomic E-state index is 0.361. The maximum atomic E-state index is 9.11. The van der Waals surface area contributed by atoms with Crippen LogP contribution in [-0.4, -0.2) is 12.1 Å². The summed E-state index contributed by atoms with van der Waals surface area (Å²) in [5.41, 5.74) is 7.99. The number of ether oxygens (including phenoxy) is 1. The Morgan fingerprint density at radius 3 is 2.80 bits per heavy atom. The highest BCUT2D eigenvalue weighted by atomic mass is 35.5. The number of nitrogens with zero attached hydrogens (tertiary/aromatic N) is 2. The molecule has 1 aromatic carbocycles. The van der Waals surface area contributed by atoms with Crippen LogP contribution in [0.4, 0.5) is 17.2 Å². The summed E-state index contributed by atoms with van der Waals surface area (Å²) in [7, 11) is 1.55. The predicted octanol–water partition coefficient (Wildman–Crippen LogP) is 3.25. The third-order valence-electron chi connectivity index (χ3n) is 2.76. The van der Waals surface area contributed by atoms with Crippen LogP contribution < -0.4 is 15.8 Å². The van der Waals surface area contributed by atoms with Crippen molar-refractivity contribution in [3.63, 3.8) is 0 Å². The number of nitrogens with one attached hydrogen (secondary N) is 1. The van der Waals surface area contributed by atoms with Crippen LogP contribution in [0, 0.1) is 18.3 Å². The normalized spacial score (nSPS) is 9.90. The zero-order valence-corrected chi connectivity index (χ0v) is 11.8. The van der Waals surface area contributed by atoms with Gasteiger partial charge in [-0.3, -0.25) is 0 Å². The topological polar surface area (TPSA) is 84.0 Å². The molecule has 0 saturated carbocycles. The molecule has 3 N–H and O–H groups in total. The van der Waals surface area contributed by atoms with Crippen LogP contribution in [0.2, 0.25) is 5.02 Å². The molecule has 0 bridgehead atoms. The van der Waals surface area contributed by atoms with Crippen molar-refractivity contribution < 1.29 is 4.74 Å². The minimum absolute atomic E-state index is 0.361. The molecule has 1 aromatic heterocycles. The second-order valence-corrected chi connectivity index (χ2v) is 4.61. The van der Waals surface area contributed by atoms with Gasteiger partial charge in [0.2, 0.25) is 0 Å². The van der Waals surface area contributed by atoms with E-state index < -0.39 is 0 Å². The number of halogens is 1. The molecule has 0 amide bonds. The number of nitriles is 1. The van der Waals surface area contributed by atoms with Gasteiger partial charge < -0.3 is 15.8 Å². The highest BCUT2D eigenvalue weighted by Crippen LogP contribution is 2.33. The van der Waals surface area contributed by atoms with Crippen LogP contribution in [0.3, 0.4) is 0 Å². The monoisotopic (exact) mass is 288 g/mol. The number of benzene rings is 1. The standard InChI is InChI=1S/C14H13ClN4O/c1-8-3-12(13(20-2)5-11(8)15)19-14-9(6-16)4-10(17)7-18-14/h3-5,7H,17H2,1-2H3,(H,18,19). The van der Waals surface area contributed by atoms with Crippen molar-refractivity contribution in [3.8, 4) is 11.8 Å². The summed E-state index contributed by atoms with van der Waals surface area (Å²) in [6.07, 6.45) is 1.48. The molecule has 5 nitrogen and oxygen atoms in total. The quantitative estimate of drug-likeness (QED) is 0.905. The number of anilines is 3. The lowest BCUT2D eigenvalue weighted by Crippen LogP contribution is -2.01. The number of pyridine rings is 1. The van der Waals surface area contributed by atoms with Crippen molar-refractivity contribution in [2.75, 3.05) is 18.2 Å². The van der Waals surface area contributed by atoms with Crippen molar-refractivity contribution >= 4 is 28.8 Å². The van der Waals surface area contributed by atoms with Crippen LogP contribution >= 0.6 is 11.6 Å². The SMILES string of the molecule is COc1cc(Cl)c(C)cc1Nc1ncc(N)cc1C#N. The molecule has 2 rings (SSSR count). The summed E-state index contributed by atoms with van der Waals surface area (Å²) in [4.78, 5) is 4.12. The number of nitrogen functional groups attached to an aromatic ring is 1. The maximum absolute atomic E-state index is 9.11. The lowest BCUT2D eigenvalue weighted by molar-refractivity contribution is 0.416. The van der Waals surface area contributed by atoms with Gasteiger partial charge in [-0.2, -0.15) is 5.26 Å². The number of nitrogens with two attached hydrogens (primary N) is 1. The van der Waals surface area contributed by atoms with Crippen LogP contribution in [-0.2, 0) is 0 Å². The summed E-state index contributed by atoms with van der Waals surface area (Å²) >= 11 is 6.05. The number of rotatable bonds is 3. The van der Waals surface area contributed by atoms with Gasteiger partial charge in [-0.05, 0) is 24.6 Å². The van der Waals surface area contributed by atoms with Crippen LogP contribution in [0.15, 0.2) is 24.4 Å². The Morgan fingerprint density at radius 2 is 2.15 bits per heavy atom. The Hall–Kier alpha value is -2.45. The number of hydrogen-bond donors (Lipinski definition) is 2. The van der Waals surface area contributed by atoms with Gasteiger partial charge in [0.05, 0.1) is 30.2 Å². The molecule has 0 aliphatic carbocycles. The van der Waals surface area contributed by atoms with E-state index in [2.05, 4.69) is 10.3 Å². The zero-order chi connectivity index (χ0) is 14.7. The second-order valence-electron chi connectivity index (χ2n) is 4.20. The van der Waals surface area contributed by atoms with Gasteiger partial charge in [0.25, 0.3) is 0 Å². The Bertz CT molecular complexity index is 694. The molecule has 0 aliphatic rings. The van der Waals surface area contributed by atoms with E-state index in [0.29, 0.717) is 33.5 Å². The summed E-state index contributed by atoms with van der Waals surface area (Å²) in [5, 5.41) is 12.8. The fourth-order valence-electron chi connectivity index (χ4n) is 1.72. The van der Waals surface area contributed by atoms with Crippen LogP contribution in [0.25, 0.3) is 0 Å². The first-order chi connectivity index (χ1) is 9.55. The first-order valence-electron chi connectivity index (χ1n) is 5.82. The van der Waals surface area contributed by atoms with Crippen LogP contribution in [0.5, 0.6) is 5.75 Å². The molecule has 0 radical (unpaired) electrons. The number of hydrogen-bond acceptors (Lipinski definition) is 5. The van der Waals surface area contributed by atoms with E-state index in [4.69, 9.17) is 27.3 Å². The van der Waals surface area contributed by atoms with E-state index >= 15 is 0 Å². The molecule has 0 aliphatic heterocycles. The van der Waals surface area contributed by atoms with Crippen molar-refractivity contribution in [1.29, 1.82) is 5.26 Å². The van der Waals surface area contributed by atoms with E-state index in [1.54, 1.807) is 19.2 Å². The van der Waals surface area contributed by atoms with Crippen molar-refractivity contribution in [3.05, 3.63) is 40.5 Å². The first kappa shape index (κ1) is 14.0. The van der Waals surface area contributed by atoms with Gasteiger partial charge in [-0.1, -0.05) is 11.6 Å². The largest absolute Gasteiger partial charge is 0.495 e. The summed E-state index contributed by atoms with van der Waals surface area (Å²) < 4.78 is 5.27.